The van der Waals surface area contributed by atoms with Crippen molar-refractivity contribution in [1.82, 2.24) is 0 Å². The van der Waals surface area contributed by atoms with E-state index in [1.807, 2.05) is 0 Å². The summed E-state index contributed by atoms with van der Waals surface area (Å²) in [4.78, 5) is 21.3. The maximum Gasteiger partial charge on any atom is 0.330 e. The quantitative estimate of drug-likeness (QED) is 0.150. The Bertz CT molecular complexity index is 343. The molecule has 0 aliphatic rings. The smallest absolute Gasteiger partial charge is 0.330 e. The zero-order valence-electron chi connectivity index (χ0n) is 16.5. The van der Waals surface area contributed by atoms with Crippen LogP contribution in [0.4, 0.5) is 0 Å². The first-order chi connectivity index (χ1) is 12.5. The van der Waals surface area contributed by atoms with Gasteiger partial charge in [0.05, 0.1) is 22.7 Å². The predicted molar refractivity (Wildman–Crippen MR) is 103 cm³/mol. The second-order valence-corrected chi connectivity index (χ2v) is 6.94. The topological polar surface area (TPSA) is 106 Å². The molecule has 154 valence electrons. The Morgan fingerprint density at radius 3 is 1.88 bits per heavy atom. The van der Waals surface area contributed by atoms with Gasteiger partial charge in [-0.15, -0.1) is 0 Å². The summed E-state index contributed by atoms with van der Waals surface area (Å²) in [6.07, 6.45) is 4.15. The van der Waals surface area contributed by atoms with E-state index in [2.05, 4.69) is 9.47 Å². The highest BCUT2D eigenvalue weighted by Crippen LogP contribution is 1.97. The summed E-state index contributed by atoms with van der Waals surface area (Å²) in [5, 5.41) is 0. The van der Waals surface area contributed by atoms with Gasteiger partial charge in [-0.1, -0.05) is 6.04 Å². The molecule has 0 amide bonds. The number of rotatable bonds is 14. The molecule has 0 atom stereocenters. The molecule has 0 rings (SSSR count). The van der Waals surface area contributed by atoms with Gasteiger partial charge in [0.25, 0.3) is 0 Å². The van der Waals surface area contributed by atoms with Crippen molar-refractivity contribution in [3.63, 3.8) is 0 Å². The van der Waals surface area contributed by atoms with Gasteiger partial charge < -0.3 is 29.4 Å². The Kier molecular flexibility index (Phi) is 22.6. The van der Waals surface area contributed by atoms with Crippen molar-refractivity contribution in [2.45, 2.75) is 38.6 Å². The summed E-state index contributed by atoms with van der Waals surface area (Å²) < 4.78 is 24.7. The Balaban J connectivity index is 0. The van der Waals surface area contributed by atoms with E-state index >= 15 is 0 Å². The minimum atomic E-state index is -0.537. The van der Waals surface area contributed by atoms with Gasteiger partial charge in [-0.05, 0) is 33.2 Å². The summed E-state index contributed by atoms with van der Waals surface area (Å²) in [6.45, 7) is 6.32. The molecular weight excluding hydrogens is 358 g/mol. The van der Waals surface area contributed by atoms with Crippen LogP contribution in [0.1, 0.15) is 26.7 Å². The zero-order chi connectivity index (χ0) is 20.0. The van der Waals surface area contributed by atoms with Crippen molar-refractivity contribution in [3.05, 3.63) is 12.2 Å². The lowest BCUT2D eigenvalue weighted by Crippen LogP contribution is -2.21. The molecule has 0 aromatic rings. The summed E-state index contributed by atoms with van der Waals surface area (Å²) >= 11 is 0. The van der Waals surface area contributed by atoms with E-state index in [1.54, 1.807) is 28.1 Å². The van der Waals surface area contributed by atoms with Crippen LogP contribution in [0.5, 0.6) is 0 Å². The van der Waals surface area contributed by atoms with Crippen molar-refractivity contribution in [2.75, 3.05) is 47.2 Å². The summed E-state index contributed by atoms with van der Waals surface area (Å²) in [6, 6.07) is 1.20. The Morgan fingerprint density at radius 1 is 0.962 bits per heavy atom. The van der Waals surface area contributed by atoms with Crippen LogP contribution in [0.25, 0.3) is 0 Å². The summed E-state index contributed by atoms with van der Waals surface area (Å²) in [5.41, 5.74) is 5.34. The largest absolute Gasteiger partial charge is 0.463 e. The maximum absolute atomic E-state index is 10.6. The monoisotopic (exact) mass is 393 g/mol. The number of ether oxygens (including phenoxy) is 5. The van der Waals surface area contributed by atoms with Crippen LogP contribution in [-0.2, 0) is 33.3 Å². The van der Waals surface area contributed by atoms with Crippen molar-refractivity contribution < 1.29 is 33.3 Å². The van der Waals surface area contributed by atoms with E-state index < -0.39 is 11.9 Å². The van der Waals surface area contributed by atoms with Crippen LogP contribution < -0.4 is 5.73 Å². The second kappa shape index (κ2) is 21.8. The second-order valence-electron chi connectivity index (χ2n) is 4.99. The number of hydrogen-bond acceptors (Lipinski definition) is 8. The van der Waals surface area contributed by atoms with Gasteiger partial charge >= 0.3 is 11.9 Å². The molecular formula is C17H35NO7Si. The molecule has 0 saturated heterocycles. The Morgan fingerprint density at radius 2 is 1.46 bits per heavy atom. The number of nitrogens with two attached hydrogens (primary N) is 1. The molecule has 0 heterocycles. The fraction of sp³-hybridized carbons (Fsp3) is 0.765. The first-order valence-electron chi connectivity index (χ1n) is 8.90. The van der Waals surface area contributed by atoms with E-state index in [9.17, 15) is 9.59 Å². The van der Waals surface area contributed by atoms with E-state index in [1.165, 1.54) is 6.04 Å². The molecule has 0 aliphatic heterocycles. The van der Waals surface area contributed by atoms with Crippen LogP contribution in [0.2, 0.25) is 6.04 Å². The molecule has 0 aromatic carbocycles. The lowest BCUT2D eigenvalue weighted by molar-refractivity contribution is -0.140. The average molecular weight is 394 g/mol. The summed E-state index contributed by atoms with van der Waals surface area (Å²) in [7, 11) is 3.12. The lowest BCUT2D eigenvalue weighted by Gasteiger charge is -2.12. The van der Waals surface area contributed by atoms with Gasteiger partial charge in [0.2, 0.25) is 0 Å². The number of carbonyl (C=O) groups is 2. The Labute approximate surface area is 159 Å². The highest BCUT2D eigenvalue weighted by atomic mass is 28.2. The van der Waals surface area contributed by atoms with E-state index in [4.69, 9.17) is 19.9 Å². The molecule has 0 radical (unpaired) electrons. The number of esters is 2. The normalized spacial score (nSPS) is 11.0. The van der Waals surface area contributed by atoms with Crippen molar-refractivity contribution >= 4 is 21.5 Å². The first-order valence-corrected chi connectivity index (χ1v) is 10.7. The molecule has 0 aromatic heterocycles. The molecule has 9 heteroatoms. The summed E-state index contributed by atoms with van der Waals surface area (Å²) in [5.74, 6) is -1.00. The predicted octanol–water partition coefficient (Wildman–Crippen LogP) is 0.574. The van der Waals surface area contributed by atoms with Crippen LogP contribution in [0, 0.1) is 0 Å². The third kappa shape index (κ3) is 20.8. The number of hydrogen-bond donors (Lipinski definition) is 1. The van der Waals surface area contributed by atoms with Gasteiger partial charge in [-0.2, -0.15) is 0 Å². The third-order valence-electron chi connectivity index (χ3n) is 2.93. The van der Waals surface area contributed by atoms with Crippen LogP contribution in [0.3, 0.4) is 0 Å². The number of carbonyl (C=O) groups excluding carboxylic acids is 2. The first kappa shape index (κ1) is 27.0. The molecule has 2 N–H and O–H groups in total. The fourth-order valence-corrected chi connectivity index (χ4v) is 2.95. The standard InChI is InChI=1S/C9H23NO3Si.C8H12O4/c1-11-9(12-2)14-8-4-7-13-6-3-5-10;1-3-11-7(9)5-6-8(10)12-4-2/h9H,3-8,10,14H2,1-2H3;5-6H,3-4H2,1-2H3. The molecule has 8 nitrogen and oxygen atoms in total. The molecule has 0 aliphatic carbocycles. The van der Waals surface area contributed by atoms with Crippen molar-refractivity contribution in [2.24, 2.45) is 5.73 Å². The van der Waals surface area contributed by atoms with Gasteiger partial charge in [0, 0.05) is 39.6 Å². The maximum atomic E-state index is 10.6. The highest BCUT2D eigenvalue weighted by molar-refractivity contribution is 6.36. The van der Waals surface area contributed by atoms with E-state index in [0.29, 0.717) is 19.8 Å². The van der Waals surface area contributed by atoms with Crippen molar-refractivity contribution in [1.29, 1.82) is 0 Å². The molecule has 26 heavy (non-hydrogen) atoms. The van der Waals surface area contributed by atoms with Crippen molar-refractivity contribution in [3.8, 4) is 0 Å². The molecule has 0 bridgehead atoms. The minimum absolute atomic E-state index is 0.0686. The van der Waals surface area contributed by atoms with Crippen LogP contribution in [0.15, 0.2) is 12.2 Å². The van der Waals surface area contributed by atoms with E-state index in [-0.39, 0.29) is 15.4 Å². The molecule has 0 saturated carbocycles. The molecule has 0 unspecified atom stereocenters. The lowest BCUT2D eigenvalue weighted by atomic mass is 10.4. The van der Waals surface area contributed by atoms with Crippen LogP contribution >= 0.6 is 0 Å². The molecule has 0 fully saturated rings. The van der Waals surface area contributed by atoms with Gasteiger partial charge in [-0.3, -0.25) is 0 Å². The van der Waals surface area contributed by atoms with Crippen LogP contribution in [-0.4, -0.2) is 74.6 Å². The minimum Gasteiger partial charge on any atom is -0.463 e. The van der Waals surface area contributed by atoms with Gasteiger partial charge in [0.15, 0.2) is 0 Å². The fourth-order valence-electron chi connectivity index (χ4n) is 1.65. The Hall–Kier alpha value is -1.26. The average Bonchev–Trinajstić information content (AvgIpc) is 2.63. The van der Waals surface area contributed by atoms with Gasteiger partial charge in [-0.25, -0.2) is 9.59 Å². The zero-order valence-corrected chi connectivity index (χ0v) is 17.9. The van der Waals surface area contributed by atoms with E-state index in [0.717, 1.165) is 38.2 Å². The SMILES string of the molecule is CCOC(=O)C=CC(=O)OCC.COC(OC)[SiH2]CCCOCCCN. The van der Waals surface area contributed by atoms with Gasteiger partial charge in [0.1, 0.15) is 5.91 Å². The molecule has 0 spiro atoms. The highest BCUT2D eigenvalue weighted by Gasteiger charge is 2.04. The third-order valence-corrected chi connectivity index (χ3v) is 4.97. The number of methoxy groups -OCH3 is 2.